The summed E-state index contributed by atoms with van der Waals surface area (Å²) in [5.74, 6) is 0.958. The van der Waals surface area contributed by atoms with Crippen molar-refractivity contribution in [3.8, 4) is 5.75 Å². The third kappa shape index (κ3) is 6.29. The van der Waals surface area contributed by atoms with Crippen LogP contribution < -0.4 is 10.5 Å². The van der Waals surface area contributed by atoms with Gasteiger partial charge in [-0.1, -0.05) is 18.2 Å². The second-order valence-corrected chi connectivity index (χ2v) is 5.04. The van der Waals surface area contributed by atoms with E-state index in [0.29, 0.717) is 0 Å². The highest BCUT2D eigenvalue weighted by atomic mass is 16.5. The molecule has 0 radical (unpaired) electrons. The summed E-state index contributed by atoms with van der Waals surface area (Å²) in [4.78, 5) is 0. The lowest BCUT2D eigenvalue weighted by Crippen LogP contribution is -2.42. The Bertz CT molecular complexity index is 298. The molecule has 3 nitrogen and oxygen atoms in total. The van der Waals surface area contributed by atoms with Crippen LogP contribution in [0.2, 0.25) is 0 Å². The monoisotopic (exact) mass is 237 g/mol. The highest BCUT2D eigenvalue weighted by molar-refractivity contribution is 5.20. The van der Waals surface area contributed by atoms with Gasteiger partial charge in [0.05, 0.1) is 33.8 Å². The van der Waals surface area contributed by atoms with E-state index in [1.165, 1.54) is 0 Å². The molecule has 96 valence electrons. The maximum absolute atomic E-state index is 5.67. The molecule has 2 N–H and O–H groups in total. The average molecular weight is 237 g/mol. The lowest BCUT2D eigenvalue weighted by Gasteiger charge is -2.29. The second-order valence-electron chi connectivity index (χ2n) is 5.04. The van der Waals surface area contributed by atoms with Gasteiger partial charge in [0, 0.05) is 12.8 Å². The Kier molecular flexibility index (Phi) is 6.01. The summed E-state index contributed by atoms with van der Waals surface area (Å²) < 4.78 is 6.69. The molecule has 0 aliphatic heterocycles. The van der Waals surface area contributed by atoms with Crippen LogP contribution in [0, 0.1) is 0 Å². The molecular weight excluding hydrogens is 212 g/mol. The minimum atomic E-state index is 0.780. The van der Waals surface area contributed by atoms with Crippen molar-refractivity contribution in [2.75, 3.05) is 40.3 Å². The van der Waals surface area contributed by atoms with Crippen molar-refractivity contribution in [1.29, 1.82) is 0 Å². The maximum atomic E-state index is 5.67. The molecule has 0 spiro atoms. The van der Waals surface area contributed by atoms with E-state index < -0.39 is 0 Å². The molecule has 0 atom stereocenters. The predicted molar refractivity (Wildman–Crippen MR) is 72.1 cm³/mol. The Balaban J connectivity index is 2.15. The van der Waals surface area contributed by atoms with Crippen LogP contribution in [0.5, 0.6) is 5.75 Å². The van der Waals surface area contributed by atoms with Crippen molar-refractivity contribution in [1.82, 2.24) is 0 Å². The van der Waals surface area contributed by atoms with E-state index in [0.717, 1.165) is 49.3 Å². The lowest BCUT2D eigenvalue weighted by atomic mass is 10.3. The average Bonchev–Trinajstić information content (AvgIpc) is 2.34. The Morgan fingerprint density at radius 3 is 2.35 bits per heavy atom. The van der Waals surface area contributed by atoms with Crippen LogP contribution in [0.15, 0.2) is 30.3 Å². The van der Waals surface area contributed by atoms with Crippen molar-refractivity contribution < 1.29 is 9.22 Å². The summed E-state index contributed by atoms with van der Waals surface area (Å²) in [5.41, 5.74) is 5.53. The van der Waals surface area contributed by atoms with Crippen molar-refractivity contribution in [2.45, 2.75) is 12.8 Å². The standard InChI is InChI=1S/C14H25N2O/c1-16(2,11-6-10-15)12-7-13-17-14-8-4-3-5-9-14/h3-5,8-9H,6-7,10-13,15H2,1-2H3/q+1. The smallest absolute Gasteiger partial charge is 0.119 e. The molecule has 0 aliphatic carbocycles. The fourth-order valence-corrected chi connectivity index (χ4v) is 1.83. The van der Waals surface area contributed by atoms with E-state index in [2.05, 4.69) is 14.1 Å². The van der Waals surface area contributed by atoms with Crippen molar-refractivity contribution in [3.05, 3.63) is 30.3 Å². The molecule has 0 amide bonds. The first kappa shape index (κ1) is 14.0. The maximum Gasteiger partial charge on any atom is 0.119 e. The molecule has 0 aromatic heterocycles. The van der Waals surface area contributed by atoms with E-state index in [-0.39, 0.29) is 0 Å². The molecule has 0 unspecified atom stereocenters. The van der Waals surface area contributed by atoms with Gasteiger partial charge in [-0.25, -0.2) is 0 Å². The van der Waals surface area contributed by atoms with Crippen molar-refractivity contribution in [3.63, 3.8) is 0 Å². The highest BCUT2D eigenvalue weighted by Gasteiger charge is 2.13. The van der Waals surface area contributed by atoms with Gasteiger partial charge in [0.15, 0.2) is 0 Å². The summed E-state index contributed by atoms with van der Waals surface area (Å²) in [6, 6.07) is 9.98. The van der Waals surface area contributed by atoms with E-state index in [4.69, 9.17) is 10.5 Å². The zero-order valence-corrected chi connectivity index (χ0v) is 11.1. The molecular formula is C14H25N2O+. The summed E-state index contributed by atoms with van der Waals surface area (Å²) >= 11 is 0. The topological polar surface area (TPSA) is 35.2 Å². The van der Waals surface area contributed by atoms with Gasteiger partial charge in [0.1, 0.15) is 5.75 Å². The SMILES string of the molecule is C[N+](C)(CCCN)CCCOc1ccccc1. The van der Waals surface area contributed by atoms with Crippen LogP contribution in [0.25, 0.3) is 0 Å². The number of quaternary nitrogens is 1. The Morgan fingerprint density at radius 1 is 1.06 bits per heavy atom. The highest BCUT2D eigenvalue weighted by Crippen LogP contribution is 2.09. The molecule has 0 bridgehead atoms. The number of benzene rings is 1. The minimum Gasteiger partial charge on any atom is -0.493 e. The summed E-state index contributed by atoms with van der Waals surface area (Å²) in [6.45, 7) is 3.84. The van der Waals surface area contributed by atoms with Gasteiger partial charge in [-0.2, -0.15) is 0 Å². The van der Waals surface area contributed by atoms with Gasteiger partial charge in [-0.3, -0.25) is 0 Å². The molecule has 1 aromatic carbocycles. The van der Waals surface area contributed by atoms with Crippen LogP contribution in [0.3, 0.4) is 0 Å². The molecule has 17 heavy (non-hydrogen) atoms. The number of hydrogen-bond donors (Lipinski definition) is 1. The number of rotatable bonds is 8. The van der Waals surface area contributed by atoms with Crippen LogP contribution in [-0.2, 0) is 0 Å². The van der Waals surface area contributed by atoms with Crippen LogP contribution in [-0.4, -0.2) is 44.8 Å². The number of para-hydroxylation sites is 1. The largest absolute Gasteiger partial charge is 0.493 e. The van der Waals surface area contributed by atoms with Crippen LogP contribution in [0.4, 0.5) is 0 Å². The van der Waals surface area contributed by atoms with Crippen LogP contribution in [0.1, 0.15) is 12.8 Å². The summed E-state index contributed by atoms with van der Waals surface area (Å²) in [7, 11) is 4.50. The number of ether oxygens (including phenoxy) is 1. The zero-order chi connectivity index (χ0) is 12.6. The molecule has 0 fully saturated rings. The number of nitrogens with zero attached hydrogens (tertiary/aromatic N) is 1. The first-order valence-corrected chi connectivity index (χ1v) is 6.34. The fraction of sp³-hybridized carbons (Fsp3) is 0.571. The first-order chi connectivity index (χ1) is 8.14. The Labute approximate surface area is 105 Å². The molecule has 1 rings (SSSR count). The third-order valence-electron chi connectivity index (χ3n) is 2.89. The molecule has 0 saturated carbocycles. The van der Waals surface area contributed by atoms with Crippen molar-refractivity contribution >= 4 is 0 Å². The molecule has 1 aromatic rings. The van der Waals surface area contributed by atoms with Gasteiger partial charge in [-0.05, 0) is 18.7 Å². The lowest BCUT2D eigenvalue weighted by molar-refractivity contribution is -0.890. The van der Waals surface area contributed by atoms with Gasteiger partial charge < -0.3 is 15.0 Å². The van der Waals surface area contributed by atoms with Gasteiger partial charge in [-0.15, -0.1) is 0 Å². The third-order valence-corrected chi connectivity index (χ3v) is 2.89. The van der Waals surface area contributed by atoms with E-state index in [9.17, 15) is 0 Å². The molecule has 0 aliphatic rings. The molecule has 0 saturated heterocycles. The minimum absolute atomic E-state index is 0.780. The zero-order valence-electron chi connectivity index (χ0n) is 11.1. The fourth-order valence-electron chi connectivity index (χ4n) is 1.83. The van der Waals surface area contributed by atoms with E-state index in [1.54, 1.807) is 0 Å². The normalized spacial score (nSPS) is 11.5. The van der Waals surface area contributed by atoms with Gasteiger partial charge in [0.25, 0.3) is 0 Å². The molecule has 3 heteroatoms. The van der Waals surface area contributed by atoms with E-state index in [1.807, 2.05) is 30.3 Å². The first-order valence-electron chi connectivity index (χ1n) is 6.34. The molecule has 0 heterocycles. The summed E-state index contributed by atoms with van der Waals surface area (Å²) in [6.07, 6.45) is 2.17. The Morgan fingerprint density at radius 2 is 1.71 bits per heavy atom. The van der Waals surface area contributed by atoms with Crippen LogP contribution >= 0.6 is 0 Å². The number of hydrogen-bond acceptors (Lipinski definition) is 2. The van der Waals surface area contributed by atoms with E-state index >= 15 is 0 Å². The van der Waals surface area contributed by atoms with Gasteiger partial charge in [0.2, 0.25) is 0 Å². The summed E-state index contributed by atoms with van der Waals surface area (Å²) in [5, 5.41) is 0. The quantitative estimate of drug-likeness (QED) is 0.553. The predicted octanol–water partition coefficient (Wildman–Crippen LogP) is 1.88. The van der Waals surface area contributed by atoms with Gasteiger partial charge >= 0.3 is 0 Å². The Hall–Kier alpha value is -1.06. The number of nitrogens with two attached hydrogens (primary N) is 1. The van der Waals surface area contributed by atoms with Crippen molar-refractivity contribution in [2.24, 2.45) is 5.73 Å². The second kappa shape index (κ2) is 7.30.